The second kappa shape index (κ2) is 5.19. The summed E-state index contributed by atoms with van der Waals surface area (Å²) in [6.07, 6.45) is 3.20. The number of likely N-dealkylation sites (tertiary alicyclic amines) is 1. The normalized spacial score (nSPS) is 23.5. The fraction of sp³-hybridized carbons (Fsp3) is 0.909. The summed E-state index contributed by atoms with van der Waals surface area (Å²) in [6.45, 7) is 7.27. The molecular formula is C11H20BrNO2. The van der Waals surface area contributed by atoms with Crippen molar-refractivity contribution in [2.24, 2.45) is 0 Å². The van der Waals surface area contributed by atoms with Crippen LogP contribution in [0.25, 0.3) is 0 Å². The molecule has 15 heavy (non-hydrogen) atoms. The summed E-state index contributed by atoms with van der Waals surface area (Å²) in [7, 11) is 0. The summed E-state index contributed by atoms with van der Waals surface area (Å²) in [4.78, 5) is 14.0. The molecule has 0 radical (unpaired) electrons. The quantitative estimate of drug-likeness (QED) is 0.637. The fourth-order valence-corrected chi connectivity index (χ4v) is 2.26. The summed E-state index contributed by atoms with van der Waals surface area (Å²) < 4.78 is 5.35. The van der Waals surface area contributed by atoms with Crippen molar-refractivity contribution in [2.75, 3.05) is 13.1 Å². The molecule has 1 aliphatic heterocycles. The van der Waals surface area contributed by atoms with E-state index < -0.39 is 5.60 Å². The molecule has 3 nitrogen and oxygen atoms in total. The summed E-state index contributed by atoms with van der Waals surface area (Å²) in [5.41, 5.74) is -0.398. The van der Waals surface area contributed by atoms with E-state index >= 15 is 0 Å². The zero-order valence-electron chi connectivity index (χ0n) is 9.75. The van der Waals surface area contributed by atoms with Crippen molar-refractivity contribution in [1.82, 2.24) is 4.90 Å². The van der Waals surface area contributed by atoms with Crippen molar-refractivity contribution in [1.29, 1.82) is 0 Å². The third-order valence-electron chi connectivity index (χ3n) is 2.27. The Morgan fingerprint density at radius 3 is 2.67 bits per heavy atom. The average molecular weight is 278 g/mol. The first-order valence-electron chi connectivity index (χ1n) is 5.50. The number of ether oxygens (including phenoxy) is 1. The molecule has 1 rings (SSSR count). The van der Waals surface area contributed by atoms with Gasteiger partial charge in [0.15, 0.2) is 0 Å². The Kier molecular flexibility index (Phi) is 4.44. The molecule has 0 unspecified atom stereocenters. The Balaban J connectivity index is 2.50. The minimum Gasteiger partial charge on any atom is -0.444 e. The summed E-state index contributed by atoms with van der Waals surface area (Å²) >= 11 is 3.58. The molecule has 0 saturated carbocycles. The first-order chi connectivity index (χ1) is 6.88. The maximum atomic E-state index is 11.8. The molecule has 1 aliphatic rings. The zero-order valence-corrected chi connectivity index (χ0v) is 11.3. The number of nitrogens with zero attached hydrogens (tertiary/aromatic N) is 1. The highest BCUT2D eigenvalue weighted by molar-refractivity contribution is 9.09. The lowest BCUT2D eigenvalue weighted by molar-refractivity contribution is 0.0259. The van der Waals surface area contributed by atoms with Gasteiger partial charge in [0.05, 0.1) is 0 Å². The maximum absolute atomic E-state index is 11.8. The third kappa shape index (κ3) is 4.87. The standard InChI is InChI=1S/C11H20BrNO2/c1-11(2,3)15-10(14)13-7-5-4-6-9(12)8-13/h9H,4-8H2,1-3H3/t9-/m1/s1. The van der Waals surface area contributed by atoms with Crippen LogP contribution in [-0.2, 0) is 4.74 Å². The SMILES string of the molecule is CC(C)(C)OC(=O)N1CCCC[C@@H](Br)C1. The Morgan fingerprint density at radius 2 is 2.07 bits per heavy atom. The number of alkyl halides is 1. The number of amides is 1. The van der Waals surface area contributed by atoms with Gasteiger partial charge in [0, 0.05) is 17.9 Å². The van der Waals surface area contributed by atoms with Gasteiger partial charge in [0.2, 0.25) is 0 Å². The topological polar surface area (TPSA) is 29.5 Å². The predicted octanol–water partition coefficient (Wildman–Crippen LogP) is 3.17. The Hall–Kier alpha value is -0.250. The van der Waals surface area contributed by atoms with Gasteiger partial charge in [-0.2, -0.15) is 0 Å². The van der Waals surface area contributed by atoms with E-state index in [1.54, 1.807) is 4.90 Å². The van der Waals surface area contributed by atoms with Crippen LogP contribution in [0.2, 0.25) is 0 Å². The van der Waals surface area contributed by atoms with Gasteiger partial charge in [0.1, 0.15) is 5.60 Å². The van der Waals surface area contributed by atoms with Crippen molar-refractivity contribution in [3.63, 3.8) is 0 Å². The van der Waals surface area contributed by atoms with Crippen LogP contribution < -0.4 is 0 Å². The molecule has 4 heteroatoms. The van der Waals surface area contributed by atoms with E-state index in [1.165, 1.54) is 6.42 Å². The van der Waals surface area contributed by atoms with Crippen molar-refractivity contribution in [3.05, 3.63) is 0 Å². The lowest BCUT2D eigenvalue weighted by Crippen LogP contribution is -2.39. The number of carbonyl (C=O) groups is 1. The monoisotopic (exact) mass is 277 g/mol. The van der Waals surface area contributed by atoms with Crippen LogP contribution in [0.1, 0.15) is 40.0 Å². The number of carbonyl (C=O) groups excluding carboxylic acids is 1. The van der Waals surface area contributed by atoms with Crippen molar-refractivity contribution >= 4 is 22.0 Å². The van der Waals surface area contributed by atoms with E-state index in [1.807, 2.05) is 20.8 Å². The van der Waals surface area contributed by atoms with E-state index in [9.17, 15) is 4.79 Å². The van der Waals surface area contributed by atoms with E-state index in [0.29, 0.717) is 4.83 Å². The third-order valence-corrected chi connectivity index (χ3v) is 3.01. The van der Waals surface area contributed by atoms with Gasteiger partial charge < -0.3 is 9.64 Å². The van der Waals surface area contributed by atoms with Gasteiger partial charge in [-0.15, -0.1) is 0 Å². The molecule has 0 aromatic rings. The maximum Gasteiger partial charge on any atom is 0.410 e. The van der Waals surface area contributed by atoms with Crippen LogP contribution in [0.15, 0.2) is 0 Å². The van der Waals surface area contributed by atoms with E-state index in [-0.39, 0.29) is 6.09 Å². The lowest BCUT2D eigenvalue weighted by atomic mass is 10.2. The Bertz CT molecular complexity index is 225. The number of hydrogen-bond donors (Lipinski definition) is 0. The van der Waals surface area contributed by atoms with Gasteiger partial charge in [-0.05, 0) is 33.6 Å². The van der Waals surface area contributed by atoms with Gasteiger partial charge in [-0.1, -0.05) is 22.4 Å². The van der Waals surface area contributed by atoms with Crippen LogP contribution in [0, 0.1) is 0 Å². The molecule has 1 atom stereocenters. The molecule has 1 saturated heterocycles. The number of halogens is 1. The van der Waals surface area contributed by atoms with Gasteiger partial charge in [-0.3, -0.25) is 0 Å². The molecule has 0 bridgehead atoms. The van der Waals surface area contributed by atoms with E-state index in [0.717, 1.165) is 25.9 Å². The summed E-state index contributed by atoms with van der Waals surface area (Å²) in [5, 5.41) is 0. The highest BCUT2D eigenvalue weighted by Gasteiger charge is 2.25. The first kappa shape index (κ1) is 12.8. The van der Waals surface area contributed by atoms with E-state index in [2.05, 4.69) is 15.9 Å². The molecule has 1 heterocycles. The van der Waals surface area contributed by atoms with Crippen LogP contribution in [-0.4, -0.2) is 34.5 Å². The first-order valence-corrected chi connectivity index (χ1v) is 6.42. The fourth-order valence-electron chi connectivity index (χ4n) is 1.58. The molecule has 0 spiro atoms. The van der Waals surface area contributed by atoms with Gasteiger partial charge >= 0.3 is 6.09 Å². The second-order valence-electron chi connectivity index (χ2n) is 5.02. The van der Waals surface area contributed by atoms with Crippen molar-refractivity contribution in [2.45, 2.75) is 50.5 Å². The largest absolute Gasteiger partial charge is 0.444 e. The molecule has 0 aromatic heterocycles. The minimum absolute atomic E-state index is 0.186. The minimum atomic E-state index is -0.398. The molecule has 88 valence electrons. The zero-order chi connectivity index (χ0) is 11.5. The Morgan fingerprint density at radius 1 is 1.40 bits per heavy atom. The van der Waals surface area contributed by atoms with Crippen LogP contribution in [0.4, 0.5) is 4.79 Å². The number of rotatable bonds is 0. The average Bonchev–Trinajstić information content (AvgIpc) is 2.26. The molecule has 0 N–H and O–H groups in total. The van der Waals surface area contributed by atoms with Crippen LogP contribution in [0.3, 0.4) is 0 Å². The smallest absolute Gasteiger partial charge is 0.410 e. The molecule has 1 fully saturated rings. The van der Waals surface area contributed by atoms with Gasteiger partial charge in [0.25, 0.3) is 0 Å². The predicted molar refractivity (Wildman–Crippen MR) is 64.4 cm³/mol. The van der Waals surface area contributed by atoms with Crippen molar-refractivity contribution < 1.29 is 9.53 Å². The molecule has 0 aliphatic carbocycles. The summed E-state index contributed by atoms with van der Waals surface area (Å²) in [5.74, 6) is 0. The molecule has 0 aromatic carbocycles. The lowest BCUT2D eigenvalue weighted by Gasteiger charge is -2.27. The van der Waals surface area contributed by atoms with Crippen LogP contribution in [0.5, 0.6) is 0 Å². The Labute approximate surface area is 100 Å². The number of hydrogen-bond acceptors (Lipinski definition) is 2. The summed E-state index contributed by atoms with van der Waals surface area (Å²) in [6, 6.07) is 0. The molecule has 1 amide bonds. The van der Waals surface area contributed by atoms with Crippen molar-refractivity contribution in [3.8, 4) is 0 Å². The highest BCUT2D eigenvalue weighted by atomic mass is 79.9. The molecular weight excluding hydrogens is 258 g/mol. The van der Waals surface area contributed by atoms with Gasteiger partial charge in [-0.25, -0.2) is 4.79 Å². The van der Waals surface area contributed by atoms with E-state index in [4.69, 9.17) is 4.74 Å². The highest BCUT2D eigenvalue weighted by Crippen LogP contribution is 2.19. The van der Waals surface area contributed by atoms with Crippen LogP contribution >= 0.6 is 15.9 Å². The second-order valence-corrected chi connectivity index (χ2v) is 6.31.